The van der Waals surface area contributed by atoms with E-state index < -0.39 is 5.91 Å². The lowest BCUT2D eigenvalue weighted by molar-refractivity contribution is 0.1000. The first-order valence-corrected chi connectivity index (χ1v) is 6.91. The van der Waals surface area contributed by atoms with Crippen molar-refractivity contribution in [2.75, 3.05) is 6.54 Å². The second-order valence-corrected chi connectivity index (χ2v) is 5.33. The highest BCUT2D eigenvalue weighted by Gasteiger charge is 2.25. The lowest BCUT2D eigenvalue weighted by Gasteiger charge is -2.08. The van der Waals surface area contributed by atoms with Gasteiger partial charge in [0.15, 0.2) is 0 Å². The first-order chi connectivity index (χ1) is 10.1. The second kappa shape index (κ2) is 5.35. The van der Waals surface area contributed by atoms with Crippen LogP contribution in [0.3, 0.4) is 0 Å². The molecular weight excluding hydrogens is 290 g/mol. The molecule has 1 aromatic heterocycles. The number of hydrogen-bond acceptors (Lipinski definition) is 4. The Balaban J connectivity index is 1.97. The fraction of sp³-hybridized carbons (Fsp3) is 0.200. The number of carbonyl (C=O) groups excluding carboxylic acids is 1. The molecule has 1 aromatic carbocycles. The Hall–Kier alpha value is -2.11. The summed E-state index contributed by atoms with van der Waals surface area (Å²) >= 11 is 6.26. The van der Waals surface area contributed by atoms with Crippen LogP contribution in [0.25, 0.3) is 11.3 Å². The van der Waals surface area contributed by atoms with Gasteiger partial charge in [-0.05, 0) is 24.3 Å². The number of fused-ring (bicyclic) bond motifs is 1. The SMILES string of the molecule is NCC1Cc2cc(-c3ccc(C(N)=O)cn3)cc(Cl)c2O1. The van der Waals surface area contributed by atoms with Crippen LogP contribution >= 0.6 is 11.6 Å². The van der Waals surface area contributed by atoms with E-state index in [0.717, 1.165) is 23.2 Å². The summed E-state index contributed by atoms with van der Waals surface area (Å²) in [5, 5.41) is 0.541. The Morgan fingerprint density at radius 2 is 2.24 bits per heavy atom. The lowest BCUT2D eigenvalue weighted by Crippen LogP contribution is -2.24. The summed E-state index contributed by atoms with van der Waals surface area (Å²) in [7, 11) is 0. The Morgan fingerprint density at radius 3 is 2.86 bits per heavy atom. The number of aromatic nitrogens is 1. The third-order valence-electron chi connectivity index (χ3n) is 3.46. The molecule has 0 spiro atoms. The fourth-order valence-corrected chi connectivity index (χ4v) is 2.66. The average Bonchev–Trinajstić information content (AvgIpc) is 2.91. The monoisotopic (exact) mass is 303 g/mol. The summed E-state index contributed by atoms with van der Waals surface area (Å²) in [5.41, 5.74) is 13.8. The normalized spacial score (nSPS) is 16.4. The largest absolute Gasteiger partial charge is 0.487 e. The van der Waals surface area contributed by atoms with E-state index in [4.69, 9.17) is 27.8 Å². The van der Waals surface area contributed by atoms with Crippen molar-refractivity contribution < 1.29 is 9.53 Å². The van der Waals surface area contributed by atoms with Crippen molar-refractivity contribution in [3.8, 4) is 17.0 Å². The molecule has 108 valence electrons. The van der Waals surface area contributed by atoms with Gasteiger partial charge in [0.25, 0.3) is 0 Å². The zero-order valence-corrected chi connectivity index (χ0v) is 11.9. The van der Waals surface area contributed by atoms with Gasteiger partial charge in [0.2, 0.25) is 5.91 Å². The maximum atomic E-state index is 11.1. The minimum absolute atomic E-state index is 0.0297. The van der Waals surface area contributed by atoms with E-state index in [0.29, 0.717) is 22.9 Å². The molecule has 1 atom stereocenters. The van der Waals surface area contributed by atoms with Crippen molar-refractivity contribution in [2.45, 2.75) is 12.5 Å². The van der Waals surface area contributed by atoms with Gasteiger partial charge in [0, 0.05) is 30.3 Å². The molecule has 1 amide bonds. The Bertz CT molecular complexity index is 701. The van der Waals surface area contributed by atoms with E-state index in [-0.39, 0.29) is 6.10 Å². The third-order valence-corrected chi connectivity index (χ3v) is 3.74. The van der Waals surface area contributed by atoms with Crippen molar-refractivity contribution in [3.63, 3.8) is 0 Å². The van der Waals surface area contributed by atoms with Crippen LogP contribution in [0.15, 0.2) is 30.5 Å². The topological polar surface area (TPSA) is 91.2 Å². The molecule has 21 heavy (non-hydrogen) atoms. The predicted octanol–water partition coefficient (Wildman–Crippen LogP) is 1.76. The summed E-state index contributed by atoms with van der Waals surface area (Å²) in [5.74, 6) is 0.199. The Kier molecular flexibility index (Phi) is 3.53. The molecule has 5 nitrogen and oxygen atoms in total. The maximum absolute atomic E-state index is 11.1. The van der Waals surface area contributed by atoms with Crippen LogP contribution in [0.2, 0.25) is 5.02 Å². The van der Waals surface area contributed by atoms with Gasteiger partial charge in [0.1, 0.15) is 11.9 Å². The third kappa shape index (κ3) is 2.57. The number of amides is 1. The highest BCUT2D eigenvalue weighted by Crippen LogP contribution is 2.39. The first-order valence-electron chi connectivity index (χ1n) is 6.54. The molecule has 1 aliphatic rings. The van der Waals surface area contributed by atoms with Crippen LogP contribution in [0.4, 0.5) is 0 Å². The molecule has 0 bridgehead atoms. The summed E-state index contributed by atoms with van der Waals surface area (Å²) in [4.78, 5) is 15.3. The molecule has 0 saturated heterocycles. The van der Waals surface area contributed by atoms with Crippen molar-refractivity contribution in [2.24, 2.45) is 11.5 Å². The number of pyridine rings is 1. The number of primary amides is 1. The number of nitrogens with two attached hydrogens (primary N) is 2. The van der Waals surface area contributed by atoms with Crippen LogP contribution in [0.1, 0.15) is 15.9 Å². The van der Waals surface area contributed by atoms with E-state index in [2.05, 4.69) is 4.98 Å². The molecule has 2 aromatic rings. The maximum Gasteiger partial charge on any atom is 0.250 e. The van der Waals surface area contributed by atoms with E-state index in [1.807, 2.05) is 6.07 Å². The second-order valence-electron chi connectivity index (χ2n) is 4.92. The van der Waals surface area contributed by atoms with Crippen molar-refractivity contribution in [1.29, 1.82) is 0 Å². The average molecular weight is 304 g/mol. The van der Waals surface area contributed by atoms with E-state index in [1.165, 1.54) is 6.20 Å². The highest BCUT2D eigenvalue weighted by molar-refractivity contribution is 6.32. The number of ether oxygens (including phenoxy) is 1. The van der Waals surface area contributed by atoms with Gasteiger partial charge in [-0.3, -0.25) is 9.78 Å². The van der Waals surface area contributed by atoms with Gasteiger partial charge in [-0.1, -0.05) is 11.6 Å². The minimum Gasteiger partial charge on any atom is -0.487 e. The van der Waals surface area contributed by atoms with Gasteiger partial charge in [0.05, 0.1) is 16.3 Å². The zero-order valence-electron chi connectivity index (χ0n) is 11.2. The molecule has 4 N–H and O–H groups in total. The summed E-state index contributed by atoms with van der Waals surface area (Å²) < 4.78 is 5.69. The standard InChI is InChI=1S/C15H14ClN3O2/c16-12-5-9(3-10-4-11(6-17)21-14(10)12)13-2-1-8(7-19-13)15(18)20/h1-3,5,7,11H,4,6,17H2,(H2,18,20). The first kappa shape index (κ1) is 13.9. The molecular formula is C15H14ClN3O2. The quantitative estimate of drug-likeness (QED) is 0.904. The van der Waals surface area contributed by atoms with Gasteiger partial charge < -0.3 is 16.2 Å². The van der Waals surface area contributed by atoms with E-state index in [9.17, 15) is 4.79 Å². The molecule has 3 rings (SSSR count). The smallest absolute Gasteiger partial charge is 0.250 e. The predicted molar refractivity (Wildman–Crippen MR) is 80.4 cm³/mol. The van der Waals surface area contributed by atoms with E-state index >= 15 is 0 Å². The van der Waals surface area contributed by atoms with Crippen LogP contribution in [-0.4, -0.2) is 23.5 Å². The minimum atomic E-state index is -0.500. The number of nitrogens with zero attached hydrogens (tertiary/aromatic N) is 1. The fourth-order valence-electron chi connectivity index (χ4n) is 2.38. The van der Waals surface area contributed by atoms with Gasteiger partial charge in [-0.15, -0.1) is 0 Å². The van der Waals surface area contributed by atoms with Crippen LogP contribution < -0.4 is 16.2 Å². The van der Waals surface area contributed by atoms with Gasteiger partial charge in [-0.25, -0.2) is 0 Å². The number of rotatable bonds is 3. The summed E-state index contributed by atoms with van der Waals surface area (Å²) in [6.45, 7) is 0.450. The molecule has 0 aliphatic carbocycles. The van der Waals surface area contributed by atoms with E-state index in [1.54, 1.807) is 18.2 Å². The summed E-state index contributed by atoms with van der Waals surface area (Å²) in [6.07, 6.45) is 2.16. The highest BCUT2D eigenvalue weighted by atomic mass is 35.5. The molecule has 0 saturated carbocycles. The zero-order chi connectivity index (χ0) is 15.0. The van der Waals surface area contributed by atoms with Gasteiger partial charge >= 0.3 is 0 Å². The number of carbonyl (C=O) groups is 1. The van der Waals surface area contributed by atoms with Crippen molar-refractivity contribution in [1.82, 2.24) is 4.98 Å². The van der Waals surface area contributed by atoms with Crippen LogP contribution in [0.5, 0.6) is 5.75 Å². The molecule has 0 radical (unpaired) electrons. The van der Waals surface area contributed by atoms with Crippen LogP contribution in [0, 0.1) is 0 Å². The van der Waals surface area contributed by atoms with Gasteiger partial charge in [-0.2, -0.15) is 0 Å². The molecule has 2 heterocycles. The van der Waals surface area contributed by atoms with Crippen molar-refractivity contribution in [3.05, 3.63) is 46.6 Å². The molecule has 6 heteroatoms. The van der Waals surface area contributed by atoms with Crippen molar-refractivity contribution >= 4 is 17.5 Å². The number of halogens is 1. The number of benzene rings is 1. The Labute approximate surface area is 126 Å². The lowest BCUT2D eigenvalue weighted by atomic mass is 10.0. The summed E-state index contributed by atoms with van der Waals surface area (Å²) in [6, 6.07) is 7.17. The molecule has 0 fully saturated rings. The van der Waals surface area contributed by atoms with Crippen LogP contribution in [-0.2, 0) is 6.42 Å². The Morgan fingerprint density at radius 1 is 1.43 bits per heavy atom. The molecule has 1 unspecified atom stereocenters. The number of hydrogen-bond donors (Lipinski definition) is 2. The molecule has 1 aliphatic heterocycles.